The van der Waals surface area contributed by atoms with Gasteiger partial charge in [0.25, 0.3) is 0 Å². The van der Waals surface area contributed by atoms with Crippen LogP contribution >= 0.6 is 0 Å². The molecule has 0 aliphatic carbocycles. The van der Waals surface area contributed by atoms with Crippen molar-refractivity contribution in [1.29, 1.82) is 0 Å². The number of imidazole rings is 1. The van der Waals surface area contributed by atoms with E-state index in [0.29, 0.717) is 6.04 Å². The lowest BCUT2D eigenvalue weighted by molar-refractivity contribution is 0.531. The van der Waals surface area contributed by atoms with E-state index in [-0.39, 0.29) is 0 Å². The summed E-state index contributed by atoms with van der Waals surface area (Å²) >= 11 is 0. The molecule has 0 aliphatic heterocycles. The number of aryl methyl sites for hydroxylation is 1. The van der Waals surface area contributed by atoms with Gasteiger partial charge in [-0.2, -0.15) is 0 Å². The van der Waals surface area contributed by atoms with E-state index < -0.39 is 0 Å². The van der Waals surface area contributed by atoms with Gasteiger partial charge in [0.1, 0.15) is 5.82 Å². The Bertz CT molecular complexity index is 380. The summed E-state index contributed by atoms with van der Waals surface area (Å²) in [5.74, 6) is 1.05. The van der Waals surface area contributed by atoms with Crippen LogP contribution in [-0.2, 0) is 6.42 Å². The minimum atomic E-state index is 0.343. The predicted octanol–water partition coefficient (Wildman–Crippen LogP) is 2.29. The first-order valence-corrected chi connectivity index (χ1v) is 5.60. The Morgan fingerprint density at radius 1 is 1.56 bits per heavy atom. The van der Waals surface area contributed by atoms with Crippen molar-refractivity contribution in [3.05, 3.63) is 42.4 Å². The first-order chi connectivity index (χ1) is 7.86. The van der Waals surface area contributed by atoms with Crippen molar-refractivity contribution in [1.82, 2.24) is 15.3 Å². The van der Waals surface area contributed by atoms with Crippen molar-refractivity contribution < 1.29 is 4.42 Å². The average Bonchev–Trinajstić information content (AvgIpc) is 2.96. The highest BCUT2D eigenvalue weighted by Crippen LogP contribution is 2.11. The SMILES string of the molecule is CC(NCCCc1ncc[nH]1)c1ccoc1. The molecule has 1 unspecified atom stereocenters. The van der Waals surface area contributed by atoms with E-state index in [1.54, 1.807) is 18.7 Å². The average molecular weight is 219 g/mol. The van der Waals surface area contributed by atoms with Gasteiger partial charge in [0, 0.05) is 30.4 Å². The van der Waals surface area contributed by atoms with Gasteiger partial charge >= 0.3 is 0 Å². The summed E-state index contributed by atoms with van der Waals surface area (Å²) < 4.78 is 5.05. The van der Waals surface area contributed by atoms with Crippen molar-refractivity contribution in [2.75, 3.05) is 6.54 Å². The molecule has 2 rings (SSSR count). The predicted molar refractivity (Wildman–Crippen MR) is 62.0 cm³/mol. The largest absolute Gasteiger partial charge is 0.472 e. The van der Waals surface area contributed by atoms with Crippen LogP contribution in [0.2, 0.25) is 0 Å². The zero-order valence-corrected chi connectivity index (χ0v) is 9.44. The summed E-state index contributed by atoms with van der Waals surface area (Å²) in [6.07, 6.45) is 9.20. The van der Waals surface area contributed by atoms with Crippen molar-refractivity contribution in [2.45, 2.75) is 25.8 Å². The van der Waals surface area contributed by atoms with Gasteiger partial charge < -0.3 is 14.7 Å². The highest BCUT2D eigenvalue weighted by atomic mass is 16.3. The number of H-pyrrole nitrogens is 1. The zero-order valence-electron chi connectivity index (χ0n) is 9.44. The molecule has 0 spiro atoms. The number of rotatable bonds is 6. The number of hydrogen-bond acceptors (Lipinski definition) is 3. The Labute approximate surface area is 95.1 Å². The first kappa shape index (κ1) is 11.0. The van der Waals surface area contributed by atoms with Gasteiger partial charge in [-0.25, -0.2) is 4.98 Å². The summed E-state index contributed by atoms with van der Waals surface area (Å²) in [4.78, 5) is 7.28. The molecule has 0 aliphatic rings. The zero-order chi connectivity index (χ0) is 11.2. The second-order valence-electron chi connectivity index (χ2n) is 3.87. The second-order valence-corrected chi connectivity index (χ2v) is 3.87. The van der Waals surface area contributed by atoms with Crippen LogP contribution in [0.5, 0.6) is 0 Å². The summed E-state index contributed by atoms with van der Waals surface area (Å²) in [6, 6.07) is 2.33. The highest BCUT2D eigenvalue weighted by Gasteiger charge is 2.04. The molecule has 2 aromatic rings. The normalized spacial score (nSPS) is 12.8. The Balaban J connectivity index is 1.65. The fourth-order valence-corrected chi connectivity index (χ4v) is 1.65. The molecule has 1 atom stereocenters. The van der Waals surface area contributed by atoms with Gasteiger partial charge in [-0.15, -0.1) is 0 Å². The van der Waals surface area contributed by atoms with Crippen LogP contribution in [0.25, 0.3) is 0 Å². The molecule has 2 aromatic heterocycles. The molecule has 0 radical (unpaired) electrons. The Morgan fingerprint density at radius 3 is 3.19 bits per heavy atom. The number of hydrogen-bond donors (Lipinski definition) is 2. The highest BCUT2D eigenvalue weighted by molar-refractivity contribution is 5.10. The lowest BCUT2D eigenvalue weighted by atomic mass is 10.2. The smallest absolute Gasteiger partial charge is 0.106 e. The van der Waals surface area contributed by atoms with Crippen LogP contribution in [0.4, 0.5) is 0 Å². The van der Waals surface area contributed by atoms with Crippen molar-refractivity contribution in [3.8, 4) is 0 Å². The second kappa shape index (κ2) is 5.51. The molecule has 4 nitrogen and oxygen atoms in total. The van der Waals surface area contributed by atoms with E-state index in [1.165, 1.54) is 5.56 Å². The molecule has 0 bridgehead atoms. The monoisotopic (exact) mass is 219 g/mol. The van der Waals surface area contributed by atoms with Gasteiger partial charge in [-0.1, -0.05) is 0 Å². The summed E-state index contributed by atoms with van der Waals surface area (Å²) in [7, 11) is 0. The van der Waals surface area contributed by atoms with Gasteiger partial charge in [0.05, 0.1) is 12.5 Å². The van der Waals surface area contributed by atoms with Gasteiger partial charge in [0.2, 0.25) is 0 Å². The molecule has 2 heterocycles. The summed E-state index contributed by atoms with van der Waals surface area (Å²) in [6.45, 7) is 3.12. The molecule has 0 amide bonds. The minimum absolute atomic E-state index is 0.343. The van der Waals surface area contributed by atoms with Crippen molar-refractivity contribution >= 4 is 0 Å². The maximum Gasteiger partial charge on any atom is 0.106 e. The van der Waals surface area contributed by atoms with E-state index >= 15 is 0 Å². The Hall–Kier alpha value is -1.55. The molecule has 0 fully saturated rings. The van der Waals surface area contributed by atoms with E-state index in [0.717, 1.165) is 25.2 Å². The fraction of sp³-hybridized carbons (Fsp3) is 0.417. The number of furan rings is 1. The number of aromatic amines is 1. The van der Waals surface area contributed by atoms with Crippen LogP contribution in [0.1, 0.15) is 30.8 Å². The molecule has 86 valence electrons. The van der Waals surface area contributed by atoms with Gasteiger partial charge in [0.15, 0.2) is 0 Å². The quantitative estimate of drug-likeness (QED) is 0.733. The van der Waals surface area contributed by atoms with Crippen molar-refractivity contribution in [3.63, 3.8) is 0 Å². The van der Waals surface area contributed by atoms with Gasteiger partial charge in [-0.3, -0.25) is 0 Å². The van der Waals surface area contributed by atoms with Crippen LogP contribution in [0.15, 0.2) is 35.4 Å². The maximum absolute atomic E-state index is 5.05. The number of nitrogens with zero attached hydrogens (tertiary/aromatic N) is 1. The standard InChI is InChI=1S/C12H17N3O/c1-10(11-4-8-16-9-11)13-5-2-3-12-14-6-7-15-12/h4,6-10,13H,2-3,5H2,1H3,(H,14,15). The third kappa shape index (κ3) is 2.97. The lowest BCUT2D eigenvalue weighted by Gasteiger charge is -2.10. The number of nitrogens with one attached hydrogen (secondary N) is 2. The van der Waals surface area contributed by atoms with Crippen LogP contribution in [-0.4, -0.2) is 16.5 Å². The third-order valence-electron chi connectivity index (χ3n) is 2.64. The maximum atomic E-state index is 5.05. The number of aromatic nitrogens is 2. The molecule has 0 saturated heterocycles. The van der Waals surface area contributed by atoms with Crippen LogP contribution in [0, 0.1) is 0 Å². The fourth-order valence-electron chi connectivity index (χ4n) is 1.65. The lowest BCUT2D eigenvalue weighted by Crippen LogP contribution is -2.19. The molecular weight excluding hydrogens is 202 g/mol. The Kier molecular flexibility index (Phi) is 3.77. The first-order valence-electron chi connectivity index (χ1n) is 5.60. The molecule has 16 heavy (non-hydrogen) atoms. The van der Waals surface area contributed by atoms with Crippen LogP contribution < -0.4 is 5.32 Å². The molecule has 0 aromatic carbocycles. The molecular formula is C12H17N3O. The topological polar surface area (TPSA) is 53.9 Å². The molecule has 2 N–H and O–H groups in total. The minimum Gasteiger partial charge on any atom is -0.472 e. The van der Waals surface area contributed by atoms with E-state index in [4.69, 9.17) is 4.42 Å². The third-order valence-corrected chi connectivity index (χ3v) is 2.64. The summed E-state index contributed by atoms with van der Waals surface area (Å²) in [5.41, 5.74) is 1.19. The van der Waals surface area contributed by atoms with Crippen molar-refractivity contribution in [2.24, 2.45) is 0 Å². The Morgan fingerprint density at radius 2 is 2.50 bits per heavy atom. The van der Waals surface area contributed by atoms with E-state index in [1.807, 2.05) is 12.3 Å². The van der Waals surface area contributed by atoms with E-state index in [9.17, 15) is 0 Å². The molecule has 4 heteroatoms. The van der Waals surface area contributed by atoms with Gasteiger partial charge in [-0.05, 0) is 26.0 Å². The van der Waals surface area contributed by atoms with Crippen LogP contribution in [0.3, 0.4) is 0 Å². The van der Waals surface area contributed by atoms with E-state index in [2.05, 4.69) is 22.2 Å². The molecule has 0 saturated carbocycles. The summed E-state index contributed by atoms with van der Waals surface area (Å²) in [5, 5.41) is 3.45.